The summed E-state index contributed by atoms with van der Waals surface area (Å²) in [6.45, 7) is 2.57. The van der Waals surface area contributed by atoms with Crippen LogP contribution in [0, 0.1) is 0 Å². The zero-order valence-corrected chi connectivity index (χ0v) is 17.1. The van der Waals surface area contributed by atoms with Crippen LogP contribution in [0.4, 0.5) is 0 Å². The van der Waals surface area contributed by atoms with Crippen molar-refractivity contribution in [2.75, 3.05) is 7.11 Å². The molecule has 0 aliphatic rings. The topological polar surface area (TPSA) is 105 Å². The van der Waals surface area contributed by atoms with Gasteiger partial charge in [0.2, 0.25) is 0 Å². The summed E-state index contributed by atoms with van der Waals surface area (Å²) in [7, 11) is 1.42. The highest BCUT2D eigenvalue weighted by atomic mass is 16.6. The van der Waals surface area contributed by atoms with E-state index in [1.807, 2.05) is 0 Å². The minimum absolute atomic E-state index is 0.246. The van der Waals surface area contributed by atoms with Gasteiger partial charge in [-0.3, -0.25) is 9.59 Å². The summed E-state index contributed by atoms with van der Waals surface area (Å²) in [6.07, 6.45) is 5.06. The van der Waals surface area contributed by atoms with Crippen molar-refractivity contribution in [3.63, 3.8) is 0 Å². The van der Waals surface area contributed by atoms with E-state index in [9.17, 15) is 19.2 Å². The molecule has 8 heteroatoms. The molecular weight excluding hydrogens is 404 g/mol. The Morgan fingerprint density at radius 3 is 1.81 bits per heavy atom. The van der Waals surface area contributed by atoms with E-state index in [0.29, 0.717) is 22.6 Å². The summed E-state index contributed by atoms with van der Waals surface area (Å²) in [4.78, 5) is 45.6. The number of carbonyl (C=O) groups is 4. The van der Waals surface area contributed by atoms with Crippen LogP contribution in [0.15, 0.2) is 54.6 Å². The van der Waals surface area contributed by atoms with E-state index in [0.717, 1.165) is 12.2 Å². The van der Waals surface area contributed by atoms with Gasteiger partial charge >= 0.3 is 23.9 Å². The summed E-state index contributed by atoms with van der Waals surface area (Å²) in [5.41, 5.74) is 1.22. The fourth-order valence-corrected chi connectivity index (χ4v) is 2.34. The number of methoxy groups -OCH3 is 1. The lowest BCUT2D eigenvalue weighted by atomic mass is 10.2. The molecule has 0 N–H and O–H groups in total. The summed E-state index contributed by atoms with van der Waals surface area (Å²) in [6, 6.07) is 11.1. The standard InChI is InChI=1S/C23H20O8/c1-15(24)29-19-9-4-17(5-10-19)7-12-22(26)31-23(27)13-8-18-6-11-20(30-16(2)25)21(14-18)28-3/h4-14H,1-3H3/b12-7+,13-8+. The van der Waals surface area contributed by atoms with Crippen LogP contribution in [0.2, 0.25) is 0 Å². The van der Waals surface area contributed by atoms with Gasteiger partial charge in [0.25, 0.3) is 0 Å². The summed E-state index contributed by atoms with van der Waals surface area (Å²) >= 11 is 0. The van der Waals surface area contributed by atoms with Crippen molar-refractivity contribution in [3.05, 3.63) is 65.7 Å². The van der Waals surface area contributed by atoms with Gasteiger partial charge in [0.1, 0.15) is 5.75 Å². The zero-order valence-electron chi connectivity index (χ0n) is 17.1. The molecule has 0 radical (unpaired) electrons. The van der Waals surface area contributed by atoms with E-state index in [-0.39, 0.29) is 5.75 Å². The summed E-state index contributed by atoms with van der Waals surface area (Å²) < 4.78 is 19.7. The normalized spacial score (nSPS) is 10.7. The Labute approximate surface area is 178 Å². The molecule has 0 aliphatic carbocycles. The minimum Gasteiger partial charge on any atom is -0.493 e. The summed E-state index contributed by atoms with van der Waals surface area (Å²) in [5.74, 6) is -1.69. The SMILES string of the molecule is COc1cc(/C=C/C(=O)OC(=O)/C=C/c2ccc(OC(C)=O)cc2)ccc1OC(C)=O. The number of hydrogen-bond donors (Lipinski definition) is 0. The Bertz CT molecular complexity index is 1030. The van der Waals surface area contributed by atoms with Crippen molar-refractivity contribution >= 4 is 36.0 Å². The number of esters is 4. The van der Waals surface area contributed by atoms with E-state index in [1.165, 1.54) is 39.2 Å². The predicted octanol–water partition coefficient (Wildman–Crippen LogP) is 3.34. The van der Waals surface area contributed by atoms with E-state index in [1.54, 1.807) is 36.4 Å². The molecule has 0 heterocycles. The van der Waals surface area contributed by atoms with Gasteiger partial charge in [0.05, 0.1) is 7.11 Å². The van der Waals surface area contributed by atoms with E-state index < -0.39 is 23.9 Å². The maximum atomic E-state index is 11.8. The Hall–Kier alpha value is -4.20. The number of carbonyl (C=O) groups excluding carboxylic acids is 4. The van der Waals surface area contributed by atoms with Gasteiger partial charge in [-0.05, 0) is 47.5 Å². The van der Waals surface area contributed by atoms with Gasteiger partial charge in [0, 0.05) is 26.0 Å². The molecule has 160 valence electrons. The molecule has 2 aromatic rings. The number of ether oxygens (including phenoxy) is 4. The zero-order chi connectivity index (χ0) is 22.8. The van der Waals surface area contributed by atoms with Gasteiger partial charge < -0.3 is 18.9 Å². The fourth-order valence-electron chi connectivity index (χ4n) is 2.34. The average Bonchev–Trinajstić information content (AvgIpc) is 2.71. The Balaban J connectivity index is 1.93. The molecule has 2 rings (SSSR count). The van der Waals surface area contributed by atoms with Crippen molar-refractivity contribution in [3.8, 4) is 17.2 Å². The van der Waals surface area contributed by atoms with Crippen LogP contribution in [0.25, 0.3) is 12.2 Å². The molecule has 0 bridgehead atoms. The summed E-state index contributed by atoms with van der Waals surface area (Å²) in [5, 5.41) is 0. The second-order valence-corrected chi connectivity index (χ2v) is 6.07. The quantitative estimate of drug-likeness (QED) is 0.288. The third-order valence-electron chi connectivity index (χ3n) is 3.61. The van der Waals surface area contributed by atoms with Crippen molar-refractivity contribution < 1.29 is 38.1 Å². The van der Waals surface area contributed by atoms with Crippen LogP contribution in [0.3, 0.4) is 0 Å². The van der Waals surface area contributed by atoms with Crippen LogP contribution in [0.5, 0.6) is 17.2 Å². The molecule has 0 unspecified atom stereocenters. The molecule has 0 amide bonds. The number of hydrogen-bond acceptors (Lipinski definition) is 8. The van der Waals surface area contributed by atoms with Gasteiger partial charge in [0.15, 0.2) is 11.5 Å². The average molecular weight is 424 g/mol. The molecule has 0 spiro atoms. The van der Waals surface area contributed by atoms with Crippen LogP contribution in [-0.4, -0.2) is 31.0 Å². The number of benzene rings is 2. The Kier molecular flexibility index (Phi) is 8.27. The van der Waals surface area contributed by atoms with Crippen LogP contribution in [-0.2, 0) is 23.9 Å². The van der Waals surface area contributed by atoms with E-state index >= 15 is 0 Å². The first kappa shape index (κ1) is 23.1. The van der Waals surface area contributed by atoms with E-state index in [2.05, 4.69) is 4.74 Å². The number of rotatable bonds is 7. The van der Waals surface area contributed by atoms with Gasteiger partial charge in [-0.25, -0.2) is 9.59 Å². The van der Waals surface area contributed by atoms with Crippen LogP contribution < -0.4 is 14.2 Å². The second-order valence-electron chi connectivity index (χ2n) is 6.07. The first-order chi connectivity index (χ1) is 14.8. The highest BCUT2D eigenvalue weighted by Gasteiger charge is 2.08. The molecule has 2 aromatic carbocycles. The predicted molar refractivity (Wildman–Crippen MR) is 111 cm³/mol. The lowest BCUT2D eigenvalue weighted by Crippen LogP contribution is -2.06. The van der Waals surface area contributed by atoms with Gasteiger partial charge in [-0.1, -0.05) is 18.2 Å². The fraction of sp³-hybridized carbons (Fsp3) is 0.130. The molecule has 0 atom stereocenters. The van der Waals surface area contributed by atoms with Crippen molar-refractivity contribution in [2.45, 2.75) is 13.8 Å². The van der Waals surface area contributed by atoms with Gasteiger partial charge in [-0.15, -0.1) is 0 Å². The molecule has 0 saturated carbocycles. The smallest absolute Gasteiger partial charge is 0.338 e. The first-order valence-corrected chi connectivity index (χ1v) is 9.03. The second kappa shape index (κ2) is 11.1. The third-order valence-corrected chi connectivity index (χ3v) is 3.61. The molecule has 0 saturated heterocycles. The minimum atomic E-state index is -0.858. The Morgan fingerprint density at radius 1 is 0.710 bits per heavy atom. The molecule has 8 nitrogen and oxygen atoms in total. The van der Waals surface area contributed by atoms with Crippen molar-refractivity contribution in [1.82, 2.24) is 0 Å². The maximum absolute atomic E-state index is 11.8. The van der Waals surface area contributed by atoms with Crippen molar-refractivity contribution in [2.24, 2.45) is 0 Å². The largest absolute Gasteiger partial charge is 0.493 e. The Morgan fingerprint density at radius 2 is 1.26 bits per heavy atom. The van der Waals surface area contributed by atoms with E-state index in [4.69, 9.17) is 14.2 Å². The molecule has 0 aliphatic heterocycles. The molecule has 0 aromatic heterocycles. The first-order valence-electron chi connectivity index (χ1n) is 9.03. The lowest BCUT2D eigenvalue weighted by Gasteiger charge is -2.08. The molecule has 0 fully saturated rings. The van der Waals surface area contributed by atoms with Gasteiger partial charge in [-0.2, -0.15) is 0 Å². The molecule has 31 heavy (non-hydrogen) atoms. The lowest BCUT2D eigenvalue weighted by molar-refractivity contribution is -0.152. The van der Waals surface area contributed by atoms with Crippen LogP contribution in [0.1, 0.15) is 25.0 Å². The van der Waals surface area contributed by atoms with Crippen molar-refractivity contribution in [1.29, 1.82) is 0 Å². The van der Waals surface area contributed by atoms with Crippen LogP contribution >= 0.6 is 0 Å². The maximum Gasteiger partial charge on any atom is 0.338 e. The monoisotopic (exact) mass is 424 g/mol. The highest BCUT2D eigenvalue weighted by molar-refractivity contribution is 5.99. The highest BCUT2D eigenvalue weighted by Crippen LogP contribution is 2.28. The molecular formula is C23H20O8. The third kappa shape index (κ3) is 7.98.